The molecule has 0 saturated heterocycles. The average molecular weight is 474 g/mol. The molecule has 9 heteroatoms. The molecule has 1 aromatic carbocycles. The lowest BCUT2D eigenvalue weighted by atomic mass is 10.1. The molecule has 0 aliphatic heterocycles. The fourth-order valence-electron chi connectivity index (χ4n) is 2.67. The molecule has 0 bridgehead atoms. The van der Waals surface area contributed by atoms with Crippen LogP contribution in [0.2, 0.25) is 0 Å². The monoisotopic (exact) mass is 474 g/mol. The van der Waals surface area contributed by atoms with Crippen molar-refractivity contribution in [2.75, 3.05) is 14.2 Å². The van der Waals surface area contributed by atoms with Crippen molar-refractivity contribution in [1.29, 1.82) is 0 Å². The van der Waals surface area contributed by atoms with Crippen LogP contribution in [0, 0.1) is 5.82 Å². The van der Waals surface area contributed by atoms with Crippen molar-refractivity contribution in [2.45, 2.75) is 39.9 Å². The van der Waals surface area contributed by atoms with E-state index in [1.54, 1.807) is 20.8 Å². The van der Waals surface area contributed by atoms with E-state index in [4.69, 9.17) is 18.9 Å². The predicted molar refractivity (Wildman–Crippen MR) is 120 cm³/mol. The number of hydrogen-bond donors (Lipinski definition) is 0. The number of esters is 3. The van der Waals surface area contributed by atoms with Gasteiger partial charge in [0.25, 0.3) is 0 Å². The molecular formula is C25H27FO8. The third-order valence-electron chi connectivity index (χ3n) is 4.18. The lowest BCUT2D eigenvalue weighted by Gasteiger charge is -2.22. The Kier molecular flexibility index (Phi) is 8.77. The second kappa shape index (κ2) is 11.3. The number of carbonyl (C=O) groups is 3. The molecule has 0 atom stereocenters. The quantitative estimate of drug-likeness (QED) is 0.213. The summed E-state index contributed by atoms with van der Waals surface area (Å²) in [4.78, 5) is 35.7. The molecule has 0 saturated carbocycles. The van der Waals surface area contributed by atoms with Gasteiger partial charge in [-0.2, -0.15) is 0 Å². The lowest BCUT2D eigenvalue weighted by Crippen LogP contribution is -2.26. The third-order valence-corrected chi connectivity index (χ3v) is 4.18. The fraction of sp³-hybridized carbons (Fsp3) is 0.320. The topological polar surface area (TPSA) is 97.4 Å². The van der Waals surface area contributed by atoms with E-state index in [1.165, 1.54) is 18.2 Å². The molecule has 2 aliphatic rings. The summed E-state index contributed by atoms with van der Waals surface area (Å²) in [6.07, 6.45) is 0.958. The van der Waals surface area contributed by atoms with Crippen LogP contribution in [0.15, 0.2) is 48.4 Å². The zero-order valence-electron chi connectivity index (χ0n) is 19.9. The number of carbonyl (C=O) groups excluding carboxylic acids is 3. The van der Waals surface area contributed by atoms with Crippen molar-refractivity contribution < 1.29 is 42.5 Å². The smallest absolute Gasteiger partial charge is 0.377 e. The molecule has 0 N–H and O–H groups in total. The van der Waals surface area contributed by atoms with Gasteiger partial charge < -0.3 is 23.7 Å². The zero-order valence-corrected chi connectivity index (χ0v) is 19.9. The molecule has 34 heavy (non-hydrogen) atoms. The summed E-state index contributed by atoms with van der Waals surface area (Å²) in [7, 11) is 2.40. The number of halogens is 1. The van der Waals surface area contributed by atoms with Crippen molar-refractivity contribution in [3.63, 3.8) is 0 Å². The molecule has 0 heterocycles. The van der Waals surface area contributed by atoms with E-state index >= 15 is 0 Å². The Morgan fingerprint density at radius 2 is 1.68 bits per heavy atom. The molecule has 2 aliphatic carbocycles. The first-order valence-corrected chi connectivity index (χ1v) is 10.2. The third kappa shape index (κ3) is 7.61. The summed E-state index contributed by atoms with van der Waals surface area (Å²) in [5.74, 6) is -3.89. The van der Waals surface area contributed by atoms with Crippen LogP contribution in [0.25, 0.3) is 11.1 Å². The summed E-state index contributed by atoms with van der Waals surface area (Å²) in [6.45, 7) is 5.49. The minimum atomic E-state index is -0.925. The molecular weight excluding hydrogens is 447 g/mol. The van der Waals surface area contributed by atoms with Gasteiger partial charge in [-0.15, -0.1) is 0 Å². The van der Waals surface area contributed by atoms with E-state index < -0.39 is 35.9 Å². The minimum Gasteiger partial charge on any atom is -0.500 e. The molecule has 0 amide bonds. The summed E-state index contributed by atoms with van der Waals surface area (Å²) < 4.78 is 39.3. The Balaban J connectivity index is 0.000000574. The van der Waals surface area contributed by atoms with Gasteiger partial charge >= 0.3 is 17.9 Å². The van der Waals surface area contributed by atoms with Gasteiger partial charge in [0, 0.05) is 12.5 Å². The highest BCUT2D eigenvalue weighted by Gasteiger charge is 2.28. The standard InChI is InChI=1S/C19H23FO8.C6H4/c1-11(21)26-9-12-13(20)7-8-14(16(12)18(23)28-19(2,3)4)27-15(10-24-5)17(22)25-6;1-2-5-4-6(5)3-1/h7-8,10H,9H2,1-6H3;1-4H. The zero-order chi connectivity index (χ0) is 25.5. The van der Waals surface area contributed by atoms with E-state index in [1.807, 2.05) is 0 Å². The van der Waals surface area contributed by atoms with E-state index in [0.717, 1.165) is 32.4 Å². The highest BCUT2D eigenvalue weighted by molar-refractivity contribution is 5.95. The van der Waals surface area contributed by atoms with Crippen molar-refractivity contribution >= 4 is 17.9 Å². The number of fused-ring (bicyclic) bond motifs is 1. The van der Waals surface area contributed by atoms with Gasteiger partial charge in [-0.1, -0.05) is 18.2 Å². The average Bonchev–Trinajstić information content (AvgIpc) is 3.36. The maximum atomic E-state index is 14.4. The Labute approximate surface area is 197 Å². The van der Waals surface area contributed by atoms with Crippen molar-refractivity contribution in [3.8, 4) is 16.9 Å². The SMILES string of the molecule is COC=C(Oc1ccc(F)c(COC(C)=O)c1C(=O)OC(C)(C)C)C(=O)OC.c1cc2cc-2c1. The highest BCUT2D eigenvalue weighted by Crippen LogP contribution is 2.33. The van der Waals surface area contributed by atoms with Gasteiger partial charge in [0.1, 0.15) is 35.6 Å². The molecule has 1 aromatic rings. The summed E-state index contributed by atoms with van der Waals surface area (Å²) in [5.41, 5.74) is 1.36. The fourth-order valence-corrected chi connectivity index (χ4v) is 2.67. The van der Waals surface area contributed by atoms with Gasteiger partial charge in [-0.3, -0.25) is 4.79 Å². The normalized spacial score (nSPS) is 11.4. The molecule has 182 valence electrons. The van der Waals surface area contributed by atoms with Crippen LogP contribution < -0.4 is 4.74 Å². The van der Waals surface area contributed by atoms with Gasteiger partial charge in [0.15, 0.2) is 0 Å². The van der Waals surface area contributed by atoms with Crippen LogP contribution in [-0.2, 0) is 35.1 Å². The minimum absolute atomic E-state index is 0.202. The summed E-state index contributed by atoms with van der Waals surface area (Å²) in [6, 6.07) is 10.6. The van der Waals surface area contributed by atoms with Crippen molar-refractivity contribution in [1.82, 2.24) is 0 Å². The van der Waals surface area contributed by atoms with E-state index in [-0.39, 0.29) is 22.6 Å². The van der Waals surface area contributed by atoms with Gasteiger partial charge in [0.05, 0.1) is 14.2 Å². The Morgan fingerprint density at radius 3 is 2.12 bits per heavy atom. The summed E-state index contributed by atoms with van der Waals surface area (Å²) >= 11 is 0. The Morgan fingerprint density at radius 1 is 1.03 bits per heavy atom. The largest absolute Gasteiger partial charge is 0.500 e. The van der Waals surface area contributed by atoms with Crippen LogP contribution in [0.1, 0.15) is 43.6 Å². The number of ether oxygens (including phenoxy) is 5. The maximum absolute atomic E-state index is 14.4. The van der Waals surface area contributed by atoms with E-state index in [2.05, 4.69) is 29.0 Å². The molecule has 0 aromatic heterocycles. The summed E-state index contributed by atoms with van der Waals surface area (Å²) in [5, 5.41) is 0. The van der Waals surface area contributed by atoms with Gasteiger partial charge in [0.2, 0.25) is 5.76 Å². The van der Waals surface area contributed by atoms with Crippen LogP contribution in [0.4, 0.5) is 4.39 Å². The van der Waals surface area contributed by atoms with Gasteiger partial charge in [-0.25, -0.2) is 14.0 Å². The van der Waals surface area contributed by atoms with Crippen LogP contribution in [0.3, 0.4) is 0 Å². The van der Waals surface area contributed by atoms with Crippen LogP contribution in [-0.4, -0.2) is 37.7 Å². The Bertz CT molecular complexity index is 1080. The highest BCUT2D eigenvalue weighted by atomic mass is 19.1. The van der Waals surface area contributed by atoms with Crippen LogP contribution in [0.5, 0.6) is 5.75 Å². The number of benzene rings is 2. The molecule has 3 rings (SSSR count). The first-order valence-electron chi connectivity index (χ1n) is 10.2. The Hall–Kier alpha value is -3.88. The molecule has 0 spiro atoms. The van der Waals surface area contributed by atoms with Crippen molar-refractivity contribution in [3.05, 3.63) is 65.4 Å². The van der Waals surface area contributed by atoms with Crippen LogP contribution >= 0.6 is 0 Å². The maximum Gasteiger partial charge on any atom is 0.377 e. The number of methoxy groups -OCH3 is 2. The van der Waals surface area contributed by atoms with Gasteiger partial charge in [-0.05, 0) is 50.1 Å². The lowest BCUT2D eigenvalue weighted by molar-refractivity contribution is -0.142. The van der Waals surface area contributed by atoms with E-state index in [0.29, 0.717) is 0 Å². The second-order valence-electron chi connectivity index (χ2n) is 8.07. The van der Waals surface area contributed by atoms with E-state index in [9.17, 15) is 18.8 Å². The first kappa shape index (κ1) is 26.4. The number of hydrogen-bond acceptors (Lipinski definition) is 8. The second-order valence-corrected chi connectivity index (χ2v) is 8.07. The molecule has 0 fully saturated rings. The number of rotatable bonds is 7. The van der Waals surface area contributed by atoms with Crippen molar-refractivity contribution in [2.24, 2.45) is 0 Å². The molecule has 0 radical (unpaired) electrons. The first-order chi connectivity index (χ1) is 16.0. The predicted octanol–water partition coefficient (Wildman–Crippen LogP) is 4.55. The molecule has 0 unspecified atom stereocenters. The molecule has 8 nitrogen and oxygen atoms in total.